The fourth-order valence-electron chi connectivity index (χ4n) is 3.02. The summed E-state index contributed by atoms with van der Waals surface area (Å²) in [6.45, 7) is 1.98. The highest BCUT2D eigenvalue weighted by atomic mass is 19.1. The van der Waals surface area contributed by atoms with E-state index in [1.165, 1.54) is 36.1 Å². The van der Waals surface area contributed by atoms with Crippen LogP contribution < -0.4 is 15.1 Å². The molecule has 30 heavy (non-hydrogen) atoms. The van der Waals surface area contributed by atoms with Crippen LogP contribution >= 0.6 is 0 Å². The van der Waals surface area contributed by atoms with Crippen molar-refractivity contribution in [1.29, 1.82) is 0 Å². The number of halogens is 1. The molecular weight excluding hydrogens is 397 g/mol. The van der Waals surface area contributed by atoms with Crippen molar-refractivity contribution in [2.45, 2.75) is 19.6 Å². The van der Waals surface area contributed by atoms with Gasteiger partial charge in [-0.1, -0.05) is 0 Å². The number of hydrogen-bond acceptors (Lipinski definition) is 7. The number of benzene rings is 1. The first-order valence-electron chi connectivity index (χ1n) is 9.07. The molecule has 2 amide bonds. The Labute approximate surface area is 171 Å². The topological polar surface area (TPSA) is 118 Å². The van der Waals surface area contributed by atoms with E-state index in [4.69, 9.17) is 4.74 Å². The van der Waals surface area contributed by atoms with E-state index in [0.29, 0.717) is 11.4 Å². The molecule has 11 heteroatoms. The highest BCUT2D eigenvalue weighted by Crippen LogP contribution is 2.28. The molecule has 1 N–H and O–H groups in total. The minimum atomic E-state index is -0.610. The highest BCUT2D eigenvalue weighted by Gasteiger charge is 2.32. The number of aromatic nitrogens is 1. The maximum absolute atomic E-state index is 14.7. The number of cyclic esters (lactones) is 1. The minimum Gasteiger partial charge on any atom is -0.442 e. The van der Waals surface area contributed by atoms with Crippen LogP contribution in [0.15, 0.2) is 36.5 Å². The van der Waals surface area contributed by atoms with Gasteiger partial charge in [0.15, 0.2) is 0 Å². The smallest absolute Gasteiger partial charge is 0.414 e. The van der Waals surface area contributed by atoms with Crippen LogP contribution in [0.3, 0.4) is 0 Å². The monoisotopic (exact) mass is 417 g/mol. The van der Waals surface area contributed by atoms with Crippen LogP contribution in [-0.4, -0.2) is 48.1 Å². The lowest BCUT2D eigenvalue weighted by Crippen LogP contribution is -2.33. The predicted molar refractivity (Wildman–Crippen MR) is 106 cm³/mol. The Balaban J connectivity index is 1.68. The van der Waals surface area contributed by atoms with Gasteiger partial charge in [-0.3, -0.25) is 24.8 Å². The highest BCUT2D eigenvalue weighted by molar-refractivity contribution is 5.90. The number of carbonyl (C=O) groups is 2. The normalized spacial score (nSPS) is 15.6. The summed E-state index contributed by atoms with van der Waals surface area (Å²) in [6.07, 6.45) is 0.0277. The number of hydrogen-bond donors (Lipinski definition) is 1. The average Bonchev–Trinajstić information content (AvgIpc) is 3.07. The largest absolute Gasteiger partial charge is 0.442 e. The van der Waals surface area contributed by atoms with E-state index in [2.05, 4.69) is 10.3 Å². The van der Waals surface area contributed by atoms with Gasteiger partial charge in [0, 0.05) is 20.0 Å². The molecule has 2 aromatic rings. The minimum absolute atomic E-state index is 0.119. The predicted octanol–water partition coefficient (Wildman–Crippen LogP) is 2.23. The molecule has 1 unspecified atom stereocenters. The van der Waals surface area contributed by atoms with Gasteiger partial charge in [0.2, 0.25) is 5.91 Å². The zero-order valence-corrected chi connectivity index (χ0v) is 16.4. The van der Waals surface area contributed by atoms with Crippen LogP contribution in [0.2, 0.25) is 0 Å². The zero-order chi connectivity index (χ0) is 21.8. The maximum atomic E-state index is 14.7. The lowest BCUT2D eigenvalue weighted by molar-refractivity contribution is -0.385. The molecule has 0 radical (unpaired) electrons. The Bertz CT molecular complexity index is 968. The van der Waals surface area contributed by atoms with E-state index >= 15 is 0 Å². The quantitative estimate of drug-likeness (QED) is 0.542. The van der Waals surface area contributed by atoms with Crippen molar-refractivity contribution in [3.05, 3.63) is 58.2 Å². The van der Waals surface area contributed by atoms with Gasteiger partial charge in [-0.05, 0) is 24.3 Å². The van der Waals surface area contributed by atoms with Gasteiger partial charge in [0.1, 0.15) is 18.1 Å². The van der Waals surface area contributed by atoms with Crippen molar-refractivity contribution < 1.29 is 23.6 Å². The van der Waals surface area contributed by atoms with Gasteiger partial charge in [0.05, 0.1) is 41.6 Å². The fourth-order valence-corrected chi connectivity index (χ4v) is 3.02. The molecule has 3 rings (SSSR count). The molecule has 0 bridgehead atoms. The second-order valence-electron chi connectivity index (χ2n) is 6.81. The van der Waals surface area contributed by atoms with E-state index in [0.717, 1.165) is 6.20 Å². The van der Waals surface area contributed by atoms with E-state index in [9.17, 15) is 24.1 Å². The number of rotatable bonds is 7. The summed E-state index contributed by atoms with van der Waals surface area (Å²) in [7, 11) is 1.66. The van der Waals surface area contributed by atoms with Crippen molar-refractivity contribution in [3.8, 4) is 0 Å². The van der Waals surface area contributed by atoms with Crippen molar-refractivity contribution in [2.24, 2.45) is 0 Å². The Kier molecular flexibility index (Phi) is 6.09. The molecule has 10 nitrogen and oxygen atoms in total. The van der Waals surface area contributed by atoms with Crippen molar-refractivity contribution >= 4 is 29.1 Å². The molecule has 1 aromatic carbocycles. The molecule has 0 aliphatic carbocycles. The van der Waals surface area contributed by atoms with E-state index in [-0.39, 0.29) is 36.9 Å². The molecule has 1 saturated heterocycles. The van der Waals surface area contributed by atoms with Gasteiger partial charge in [-0.2, -0.15) is 0 Å². The van der Waals surface area contributed by atoms with Crippen molar-refractivity contribution in [2.75, 3.05) is 29.9 Å². The summed E-state index contributed by atoms with van der Waals surface area (Å²) in [4.78, 5) is 40.2. The Morgan fingerprint density at radius 2 is 2.20 bits per heavy atom. The standard InChI is InChI=1S/C19H20FN5O5/c1-12(26)21-9-16-11-24(19(27)30-16)14-5-6-18(17(20)7-14)23(2)10-13-3-4-15(8-22-13)25(28)29/h3-8,16H,9-11H2,1-2H3,(H,21,26). The van der Waals surface area contributed by atoms with Crippen molar-refractivity contribution in [3.63, 3.8) is 0 Å². The number of nitrogens with zero attached hydrogens (tertiary/aromatic N) is 4. The molecule has 2 heterocycles. The first kappa shape index (κ1) is 21.0. The number of nitrogens with one attached hydrogen (secondary N) is 1. The van der Waals surface area contributed by atoms with Gasteiger partial charge >= 0.3 is 6.09 Å². The SMILES string of the molecule is CC(=O)NCC1CN(c2ccc(N(C)Cc3ccc([N+](=O)[O-])cn3)c(F)c2)C(=O)O1. The summed E-state index contributed by atoms with van der Waals surface area (Å²) in [5.74, 6) is -0.777. The third-order valence-corrected chi connectivity index (χ3v) is 4.53. The molecule has 1 aliphatic rings. The van der Waals surface area contributed by atoms with Gasteiger partial charge in [-0.15, -0.1) is 0 Å². The van der Waals surface area contributed by atoms with Crippen LogP contribution in [0.25, 0.3) is 0 Å². The fraction of sp³-hybridized carbons (Fsp3) is 0.316. The molecule has 0 saturated carbocycles. The van der Waals surface area contributed by atoms with E-state index in [1.807, 2.05) is 0 Å². The molecule has 1 atom stereocenters. The average molecular weight is 417 g/mol. The molecule has 1 fully saturated rings. The van der Waals surface area contributed by atoms with Crippen LogP contribution in [0.1, 0.15) is 12.6 Å². The molecular formula is C19H20FN5O5. The third kappa shape index (κ3) is 4.80. The van der Waals surface area contributed by atoms with E-state index < -0.39 is 22.9 Å². The number of nitro groups is 1. The summed E-state index contributed by atoms with van der Waals surface area (Å²) in [5.41, 5.74) is 1.04. The number of ether oxygens (including phenoxy) is 1. The Morgan fingerprint density at radius 3 is 2.80 bits per heavy atom. The molecule has 1 aromatic heterocycles. The first-order chi connectivity index (χ1) is 14.2. The van der Waals surface area contributed by atoms with Crippen LogP contribution in [-0.2, 0) is 16.1 Å². The van der Waals surface area contributed by atoms with Crippen LogP contribution in [0.4, 0.5) is 26.2 Å². The molecule has 1 aliphatic heterocycles. The lowest BCUT2D eigenvalue weighted by atomic mass is 10.2. The number of pyridine rings is 1. The van der Waals surface area contributed by atoms with Crippen LogP contribution in [0.5, 0.6) is 0 Å². The number of amides is 2. The number of anilines is 2. The van der Waals surface area contributed by atoms with E-state index in [1.54, 1.807) is 18.0 Å². The van der Waals surface area contributed by atoms with Gasteiger partial charge in [-0.25, -0.2) is 9.18 Å². The van der Waals surface area contributed by atoms with Gasteiger partial charge in [0.25, 0.3) is 5.69 Å². The zero-order valence-electron chi connectivity index (χ0n) is 16.4. The summed E-state index contributed by atoms with van der Waals surface area (Å²) < 4.78 is 19.9. The maximum Gasteiger partial charge on any atom is 0.414 e. The first-order valence-corrected chi connectivity index (χ1v) is 9.07. The van der Waals surface area contributed by atoms with Gasteiger partial charge < -0.3 is 15.0 Å². The summed E-state index contributed by atoms with van der Waals surface area (Å²) >= 11 is 0. The Morgan fingerprint density at radius 1 is 1.43 bits per heavy atom. The molecule has 158 valence electrons. The second kappa shape index (κ2) is 8.72. The second-order valence-corrected chi connectivity index (χ2v) is 6.81. The summed E-state index contributed by atoms with van der Waals surface area (Å²) in [6, 6.07) is 7.21. The number of carbonyl (C=O) groups excluding carboxylic acids is 2. The summed E-state index contributed by atoms with van der Waals surface area (Å²) in [5, 5.41) is 13.3. The molecule has 0 spiro atoms. The van der Waals surface area contributed by atoms with Crippen molar-refractivity contribution in [1.82, 2.24) is 10.3 Å². The lowest BCUT2D eigenvalue weighted by Gasteiger charge is -2.21. The Hall–Kier alpha value is -3.76. The van der Waals surface area contributed by atoms with Crippen LogP contribution in [0, 0.1) is 15.9 Å². The third-order valence-electron chi connectivity index (χ3n) is 4.53.